The van der Waals surface area contributed by atoms with E-state index in [0.717, 1.165) is 22.6 Å². The van der Waals surface area contributed by atoms with Crippen LogP contribution in [0, 0.1) is 25.2 Å². The summed E-state index contributed by atoms with van der Waals surface area (Å²) in [6.07, 6.45) is 0. The van der Waals surface area contributed by atoms with Gasteiger partial charge in [0.2, 0.25) is 0 Å². The first-order chi connectivity index (χ1) is 8.19. The number of hydrogen-bond donors (Lipinski definition) is 0. The van der Waals surface area contributed by atoms with Crippen molar-refractivity contribution in [3.8, 4) is 17.6 Å². The molecule has 0 aliphatic rings. The minimum Gasteiger partial charge on any atom is -0.457 e. The molecule has 2 nitrogen and oxygen atoms in total. The van der Waals surface area contributed by atoms with E-state index >= 15 is 0 Å². The predicted molar refractivity (Wildman–Crippen MR) is 67.1 cm³/mol. The molecule has 0 spiro atoms. The van der Waals surface area contributed by atoms with Crippen LogP contribution in [0.1, 0.15) is 16.7 Å². The Hall–Kier alpha value is -2.27. The molecule has 0 bridgehead atoms. The summed E-state index contributed by atoms with van der Waals surface area (Å²) in [5.74, 6) is 1.60. The molecule has 0 N–H and O–H groups in total. The minimum atomic E-state index is 0.652. The fourth-order valence-corrected chi connectivity index (χ4v) is 1.64. The third-order valence-corrected chi connectivity index (χ3v) is 2.52. The van der Waals surface area contributed by atoms with Crippen LogP contribution in [0.2, 0.25) is 0 Å². The highest BCUT2D eigenvalue weighted by atomic mass is 16.5. The van der Waals surface area contributed by atoms with Gasteiger partial charge in [0.1, 0.15) is 11.5 Å². The second-order valence-corrected chi connectivity index (χ2v) is 4.01. The fourth-order valence-electron chi connectivity index (χ4n) is 1.64. The van der Waals surface area contributed by atoms with Gasteiger partial charge in [-0.15, -0.1) is 0 Å². The van der Waals surface area contributed by atoms with Crippen LogP contribution in [-0.2, 0) is 0 Å². The van der Waals surface area contributed by atoms with Gasteiger partial charge in [-0.05, 0) is 55.3 Å². The molecule has 0 radical (unpaired) electrons. The molecule has 0 aliphatic carbocycles. The molecule has 2 heteroatoms. The Morgan fingerprint density at radius 1 is 1.06 bits per heavy atom. The van der Waals surface area contributed by atoms with Gasteiger partial charge in [0.15, 0.2) is 0 Å². The molecule has 2 aromatic rings. The maximum absolute atomic E-state index is 8.79. The molecule has 0 saturated carbocycles. The zero-order chi connectivity index (χ0) is 12.3. The number of benzene rings is 2. The quantitative estimate of drug-likeness (QED) is 0.771. The Labute approximate surface area is 101 Å². The number of aryl methyl sites for hydroxylation is 2. The number of nitriles is 1. The van der Waals surface area contributed by atoms with Gasteiger partial charge in [0.25, 0.3) is 0 Å². The molecular weight excluding hydrogens is 210 g/mol. The highest BCUT2D eigenvalue weighted by Gasteiger charge is 2.02. The van der Waals surface area contributed by atoms with Crippen molar-refractivity contribution in [1.29, 1.82) is 5.26 Å². The van der Waals surface area contributed by atoms with Crippen molar-refractivity contribution in [1.82, 2.24) is 0 Å². The molecule has 0 fully saturated rings. The SMILES string of the molecule is Cc1cccc(Oc2ccc(C#N)cc2C)c1. The van der Waals surface area contributed by atoms with E-state index in [-0.39, 0.29) is 0 Å². The number of hydrogen-bond acceptors (Lipinski definition) is 2. The molecule has 0 unspecified atom stereocenters. The van der Waals surface area contributed by atoms with Crippen LogP contribution in [0.25, 0.3) is 0 Å². The van der Waals surface area contributed by atoms with Gasteiger partial charge in [-0.2, -0.15) is 5.26 Å². The van der Waals surface area contributed by atoms with Crippen LogP contribution in [0.4, 0.5) is 0 Å². The first kappa shape index (κ1) is 11.2. The minimum absolute atomic E-state index is 0.652. The molecule has 0 aromatic heterocycles. The van der Waals surface area contributed by atoms with Gasteiger partial charge in [-0.1, -0.05) is 12.1 Å². The Morgan fingerprint density at radius 2 is 1.88 bits per heavy atom. The number of nitrogens with zero attached hydrogens (tertiary/aromatic N) is 1. The van der Waals surface area contributed by atoms with Crippen molar-refractivity contribution >= 4 is 0 Å². The molecular formula is C15H13NO. The van der Waals surface area contributed by atoms with Crippen LogP contribution < -0.4 is 4.74 Å². The lowest BCUT2D eigenvalue weighted by Gasteiger charge is -2.09. The number of rotatable bonds is 2. The zero-order valence-electron chi connectivity index (χ0n) is 9.90. The second-order valence-electron chi connectivity index (χ2n) is 4.01. The lowest BCUT2D eigenvalue weighted by molar-refractivity contribution is 0.478. The average molecular weight is 223 g/mol. The van der Waals surface area contributed by atoms with Crippen molar-refractivity contribution in [2.75, 3.05) is 0 Å². The van der Waals surface area contributed by atoms with Crippen LogP contribution in [0.15, 0.2) is 42.5 Å². The van der Waals surface area contributed by atoms with Crippen LogP contribution in [0.3, 0.4) is 0 Å². The van der Waals surface area contributed by atoms with Gasteiger partial charge in [-0.25, -0.2) is 0 Å². The van der Waals surface area contributed by atoms with E-state index < -0.39 is 0 Å². The Kier molecular flexibility index (Phi) is 3.11. The summed E-state index contributed by atoms with van der Waals surface area (Å²) in [5, 5.41) is 8.79. The van der Waals surface area contributed by atoms with Crippen LogP contribution in [-0.4, -0.2) is 0 Å². The van der Waals surface area contributed by atoms with Crippen molar-refractivity contribution in [2.24, 2.45) is 0 Å². The smallest absolute Gasteiger partial charge is 0.130 e. The first-order valence-electron chi connectivity index (χ1n) is 5.44. The molecule has 0 amide bonds. The summed E-state index contributed by atoms with van der Waals surface area (Å²) in [6, 6.07) is 15.4. The Bertz CT molecular complexity index is 582. The third kappa shape index (κ3) is 2.64. The monoisotopic (exact) mass is 223 g/mol. The standard InChI is InChI=1S/C15H13NO/c1-11-4-3-5-14(8-11)17-15-7-6-13(10-16)9-12(15)2/h3-9H,1-2H3. The molecule has 84 valence electrons. The van der Waals surface area contributed by atoms with Gasteiger partial charge in [0, 0.05) is 0 Å². The third-order valence-electron chi connectivity index (χ3n) is 2.52. The maximum atomic E-state index is 8.79. The highest BCUT2D eigenvalue weighted by molar-refractivity contribution is 5.43. The molecule has 2 aromatic carbocycles. The van der Waals surface area contributed by atoms with E-state index in [0.29, 0.717) is 5.56 Å². The van der Waals surface area contributed by atoms with Gasteiger partial charge < -0.3 is 4.74 Å². The molecule has 2 rings (SSSR count). The second kappa shape index (κ2) is 4.71. The topological polar surface area (TPSA) is 33.0 Å². The summed E-state index contributed by atoms with van der Waals surface area (Å²) >= 11 is 0. The summed E-state index contributed by atoms with van der Waals surface area (Å²) < 4.78 is 5.78. The Morgan fingerprint density at radius 3 is 2.53 bits per heavy atom. The molecule has 0 aliphatic heterocycles. The van der Waals surface area contributed by atoms with Crippen molar-refractivity contribution in [3.63, 3.8) is 0 Å². The van der Waals surface area contributed by atoms with Crippen LogP contribution >= 0.6 is 0 Å². The molecule has 0 saturated heterocycles. The van der Waals surface area contributed by atoms with Crippen molar-refractivity contribution in [3.05, 3.63) is 59.2 Å². The first-order valence-corrected chi connectivity index (χ1v) is 5.44. The van der Waals surface area contributed by atoms with Crippen molar-refractivity contribution in [2.45, 2.75) is 13.8 Å². The Balaban J connectivity index is 2.28. The van der Waals surface area contributed by atoms with Gasteiger partial charge >= 0.3 is 0 Å². The van der Waals surface area contributed by atoms with E-state index in [1.807, 2.05) is 50.2 Å². The summed E-state index contributed by atoms with van der Waals surface area (Å²) in [6.45, 7) is 3.96. The zero-order valence-corrected chi connectivity index (χ0v) is 9.90. The lowest BCUT2D eigenvalue weighted by Crippen LogP contribution is -1.88. The van der Waals surface area contributed by atoms with Crippen LogP contribution in [0.5, 0.6) is 11.5 Å². The highest BCUT2D eigenvalue weighted by Crippen LogP contribution is 2.26. The number of ether oxygens (including phenoxy) is 1. The molecule has 0 heterocycles. The summed E-state index contributed by atoms with van der Waals surface area (Å²) in [5.41, 5.74) is 2.78. The van der Waals surface area contributed by atoms with E-state index in [2.05, 4.69) is 6.07 Å². The van der Waals surface area contributed by atoms with E-state index in [1.54, 1.807) is 6.07 Å². The lowest BCUT2D eigenvalue weighted by atomic mass is 10.1. The van der Waals surface area contributed by atoms with Crippen molar-refractivity contribution < 1.29 is 4.74 Å². The molecule has 17 heavy (non-hydrogen) atoms. The van der Waals surface area contributed by atoms with Gasteiger partial charge in [0.05, 0.1) is 11.6 Å². The van der Waals surface area contributed by atoms with E-state index in [9.17, 15) is 0 Å². The average Bonchev–Trinajstić information content (AvgIpc) is 2.32. The predicted octanol–water partition coefficient (Wildman–Crippen LogP) is 3.97. The molecule has 0 atom stereocenters. The maximum Gasteiger partial charge on any atom is 0.130 e. The van der Waals surface area contributed by atoms with E-state index in [4.69, 9.17) is 10.00 Å². The van der Waals surface area contributed by atoms with E-state index in [1.165, 1.54) is 0 Å². The van der Waals surface area contributed by atoms with Gasteiger partial charge in [-0.3, -0.25) is 0 Å². The summed E-state index contributed by atoms with van der Waals surface area (Å²) in [7, 11) is 0. The largest absolute Gasteiger partial charge is 0.457 e. The fraction of sp³-hybridized carbons (Fsp3) is 0.133. The summed E-state index contributed by atoms with van der Waals surface area (Å²) in [4.78, 5) is 0. The normalized spacial score (nSPS) is 9.71.